The molecular formula is C20H18N2O3. The van der Waals surface area contributed by atoms with Crippen LogP contribution in [-0.4, -0.2) is 14.2 Å². The van der Waals surface area contributed by atoms with Crippen molar-refractivity contribution in [3.05, 3.63) is 70.9 Å². The van der Waals surface area contributed by atoms with Gasteiger partial charge in [-0.15, -0.1) is 0 Å². The van der Waals surface area contributed by atoms with E-state index in [1.807, 2.05) is 30.3 Å². The van der Waals surface area contributed by atoms with Crippen LogP contribution in [0.5, 0.6) is 5.88 Å². The van der Waals surface area contributed by atoms with Gasteiger partial charge in [-0.25, -0.2) is 9.36 Å². The van der Waals surface area contributed by atoms with Gasteiger partial charge in [-0.2, -0.15) is 0 Å². The van der Waals surface area contributed by atoms with Crippen molar-refractivity contribution >= 4 is 27.4 Å². The van der Waals surface area contributed by atoms with Crippen LogP contribution in [0.25, 0.3) is 27.4 Å². The number of fused-ring (bicyclic) bond motifs is 3. The second-order valence-corrected chi connectivity index (χ2v) is 6.05. The smallest absolute Gasteiger partial charge is 0.422 e. The summed E-state index contributed by atoms with van der Waals surface area (Å²) in [6.07, 6.45) is 0. The Morgan fingerprint density at radius 3 is 2.56 bits per heavy atom. The maximum Gasteiger partial charge on any atom is 0.422 e. The summed E-state index contributed by atoms with van der Waals surface area (Å²) < 4.78 is 8.46. The maximum atomic E-state index is 11.6. The SMILES string of the molecule is C=C(c1ccc2c(c1)c1ccccc1n2CC)c1oc(=O)n(C)c1O. The lowest BCUT2D eigenvalue weighted by Crippen LogP contribution is -2.07. The minimum absolute atomic E-state index is 0.103. The normalized spacial score (nSPS) is 11.4. The van der Waals surface area contributed by atoms with Crippen LogP contribution >= 0.6 is 0 Å². The minimum atomic E-state index is -0.614. The van der Waals surface area contributed by atoms with Crippen LogP contribution in [0.2, 0.25) is 0 Å². The Bertz CT molecular complexity index is 1190. The number of aromatic nitrogens is 2. The standard InChI is InChI=1S/C20H18N2O3/c1-4-22-16-8-6-5-7-14(16)15-11-13(9-10-17(15)22)12(2)18-19(23)21(3)20(24)25-18/h5-11,23H,2,4H2,1,3H3. The summed E-state index contributed by atoms with van der Waals surface area (Å²) in [6.45, 7) is 7.01. The zero-order valence-corrected chi connectivity index (χ0v) is 14.1. The third-order valence-corrected chi connectivity index (χ3v) is 4.70. The lowest BCUT2D eigenvalue weighted by molar-refractivity contribution is 0.427. The highest BCUT2D eigenvalue weighted by atomic mass is 16.4. The Balaban J connectivity index is 1.95. The van der Waals surface area contributed by atoms with Gasteiger partial charge in [-0.1, -0.05) is 30.8 Å². The topological polar surface area (TPSA) is 60.3 Å². The fraction of sp³-hybridized carbons (Fsp3) is 0.150. The van der Waals surface area contributed by atoms with Gasteiger partial charge in [0.05, 0.1) is 0 Å². The number of benzene rings is 2. The van der Waals surface area contributed by atoms with E-state index in [2.05, 4.69) is 30.2 Å². The maximum absolute atomic E-state index is 11.6. The van der Waals surface area contributed by atoms with Crippen LogP contribution in [-0.2, 0) is 13.6 Å². The Hall–Kier alpha value is -3.21. The second kappa shape index (κ2) is 5.41. The van der Waals surface area contributed by atoms with Crippen molar-refractivity contribution in [1.29, 1.82) is 0 Å². The quantitative estimate of drug-likeness (QED) is 0.618. The van der Waals surface area contributed by atoms with Crippen molar-refractivity contribution in [1.82, 2.24) is 9.13 Å². The summed E-state index contributed by atoms with van der Waals surface area (Å²) in [5.41, 5.74) is 3.59. The molecule has 4 aromatic rings. The minimum Gasteiger partial charge on any atom is -0.492 e. The van der Waals surface area contributed by atoms with E-state index in [0.29, 0.717) is 5.57 Å². The highest BCUT2D eigenvalue weighted by Crippen LogP contribution is 2.34. The van der Waals surface area contributed by atoms with E-state index in [1.165, 1.54) is 12.6 Å². The highest BCUT2D eigenvalue weighted by Gasteiger charge is 2.18. The summed E-state index contributed by atoms with van der Waals surface area (Å²) in [5.74, 6) is -0.727. The number of hydrogen-bond acceptors (Lipinski definition) is 3. The molecule has 0 fully saturated rings. The predicted octanol–water partition coefficient (Wildman–Crippen LogP) is 3.87. The van der Waals surface area contributed by atoms with E-state index in [9.17, 15) is 9.90 Å². The third-order valence-electron chi connectivity index (χ3n) is 4.70. The average Bonchev–Trinajstić information content (AvgIpc) is 3.09. The van der Waals surface area contributed by atoms with E-state index >= 15 is 0 Å². The van der Waals surface area contributed by atoms with E-state index in [4.69, 9.17) is 4.42 Å². The summed E-state index contributed by atoms with van der Waals surface area (Å²) in [6, 6.07) is 14.2. The van der Waals surface area contributed by atoms with Crippen LogP contribution in [0.3, 0.4) is 0 Å². The summed E-state index contributed by atoms with van der Waals surface area (Å²) in [7, 11) is 1.45. The Kier molecular flexibility index (Phi) is 3.32. The molecule has 5 heteroatoms. The van der Waals surface area contributed by atoms with Gasteiger partial charge < -0.3 is 14.1 Å². The van der Waals surface area contributed by atoms with Crippen molar-refractivity contribution in [2.75, 3.05) is 0 Å². The molecule has 0 spiro atoms. The van der Waals surface area contributed by atoms with Gasteiger partial charge in [0.15, 0.2) is 5.76 Å². The molecule has 0 aliphatic heterocycles. The van der Waals surface area contributed by atoms with Crippen LogP contribution in [0.1, 0.15) is 18.2 Å². The van der Waals surface area contributed by atoms with Crippen molar-refractivity contribution in [3.63, 3.8) is 0 Å². The van der Waals surface area contributed by atoms with Crippen molar-refractivity contribution < 1.29 is 9.52 Å². The molecule has 2 aromatic heterocycles. The van der Waals surface area contributed by atoms with Gasteiger partial charge in [0.1, 0.15) is 0 Å². The molecule has 5 nitrogen and oxygen atoms in total. The third kappa shape index (κ3) is 2.12. The van der Waals surface area contributed by atoms with Gasteiger partial charge in [-0.3, -0.25) is 0 Å². The molecular weight excluding hydrogens is 316 g/mol. The number of nitrogens with zero attached hydrogens (tertiary/aromatic N) is 2. The molecule has 0 amide bonds. The molecule has 4 rings (SSSR count). The monoisotopic (exact) mass is 334 g/mol. The molecule has 1 N–H and O–H groups in total. The van der Waals surface area contributed by atoms with Crippen molar-refractivity contribution in [2.45, 2.75) is 13.5 Å². The molecule has 0 unspecified atom stereocenters. The zero-order valence-electron chi connectivity index (χ0n) is 14.1. The predicted molar refractivity (Wildman–Crippen MR) is 98.9 cm³/mol. The largest absolute Gasteiger partial charge is 0.492 e. The number of rotatable bonds is 3. The molecule has 0 saturated heterocycles. The van der Waals surface area contributed by atoms with Gasteiger partial charge in [-0.05, 0) is 30.7 Å². The average molecular weight is 334 g/mol. The number of para-hydroxylation sites is 1. The van der Waals surface area contributed by atoms with Gasteiger partial charge >= 0.3 is 5.76 Å². The molecule has 0 atom stereocenters. The molecule has 2 aromatic carbocycles. The fourth-order valence-corrected chi connectivity index (χ4v) is 3.35. The first-order valence-corrected chi connectivity index (χ1v) is 8.12. The molecule has 0 aliphatic rings. The lowest BCUT2D eigenvalue weighted by Gasteiger charge is -2.06. The lowest BCUT2D eigenvalue weighted by atomic mass is 10.0. The van der Waals surface area contributed by atoms with Crippen LogP contribution in [0.15, 0.2) is 58.3 Å². The van der Waals surface area contributed by atoms with Gasteiger partial charge in [0, 0.05) is 41.0 Å². The fourth-order valence-electron chi connectivity index (χ4n) is 3.35. The molecule has 25 heavy (non-hydrogen) atoms. The number of aryl methyl sites for hydroxylation is 1. The van der Waals surface area contributed by atoms with Gasteiger partial charge in [0.25, 0.3) is 0 Å². The Morgan fingerprint density at radius 2 is 1.88 bits per heavy atom. The summed E-state index contributed by atoms with van der Waals surface area (Å²) in [4.78, 5) is 11.6. The molecule has 0 bridgehead atoms. The molecule has 0 radical (unpaired) electrons. The van der Waals surface area contributed by atoms with Crippen LogP contribution < -0.4 is 5.76 Å². The first kappa shape index (κ1) is 15.3. The van der Waals surface area contributed by atoms with Crippen LogP contribution in [0, 0.1) is 0 Å². The zero-order chi connectivity index (χ0) is 17.7. The van der Waals surface area contributed by atoms with E-state index in [0.717, 1.165) is 33.0 Å². The van der Waals surface area contributed by atoms with E-state index in [-0.39, 0.29) is 11.6 Å². The first-order valence-electron chi connectivity index (χ1n) is 8.12. The van der Waals surface area contributed by atoms with Crippen LogP contribution in [0.4, 0.5) is 0 Å². The number of hydrogen-bond donors (Lipinski definition) is 1. The highest BCUT2D eigenvalue weighted by molar-refractivity contribution is 6.09. The van der Waals surface area contributed by atoms with E-state index in [1.54, 1.807) is 0 Å². The Labute approximate surface area is 144 Å². The summed E-state index contributed by atoms with van der Waals surface area (Å²) in [5, 5.41) is 12.3. The molecule has 126 valence electrons. The molecule has 2 heterocycles. The van der Waals surface area contributed by atoms with E-state index < -0.39 is 5.76 Å². The van der Waals surface area contributed by atoms with Gasteiger partial charge in [0.2, 0.25) is 5.88 Å². The molecule has 0 aliphatic carbocycles. The Morgan fingerprint density at radius 1 is 1.16 bits per heavy atom. The van der Waals surface area contributed by atoms with Crippen molar-refractivity contribution in [3.8, 4) is 5.88 Å². The number of aromatic hydroxyl groups is 1. The molecule has 0 saturated carbocycles. The first-order chi connectivity index (χ1) is 12.0. The number of oxazole rings is 1. The summed E-state index contributed by atoms with van der Waals surface area (Å²) >= 11 is 0. The van der Waals surface area contributed by atoms with Crippen molar-refractivity contribution in [2.24, 2.45) is 7.05 Å². The second-order valence-electron chi connectivity index (χ2n) is 6.05.